The predicted octanol–water partition coefficient (Wildman–Crippen LogP) is 7.07. The second kappa shape index (κ2) is 9.93. The van der Waals surface area contributed by atoms with Gasteiger partial charge >= 0.3 is 6.92 Å². The fourth-order valence-electron chi connectivity index (χ4n) is 6.49. The van der Waals surface area contributed by atoms with Gasteiger partial charge in [0.2, 0.25) is 0 Å². The third-order valence-corrected chi connectivity index (χ3v) is 8.75. The van der Waals surface area contributed by atoms with Crippen LogP contribution >= 0.6 is 0 Å². The first-order valence-electron chi connectivity index (χ1n) is 15.0. The van der Waals surface area contributed by atoms with E-state index in [1.54, 1.807) is 0 Å². The molecule has 4 aromatic heterocycles. The molecule has 0 unspecified atom stereocenters. The summed E-state index contributed by atoms with van der Waals surface area (Å²) in [7, 11) is 0. The van der Waals surface area contributed by atoms with Crippen molar-refractivity contribution in [2.75, 3.05) is 0 Å². The lowest BCUT2D eigenvalue weighted by Crippen LogP contribution is -2.42. The zero-order valence-corrected chi connectivity index (χ0v) is 24.9. The van der Waals surface area contributed by atoms with Crippen molar-refractivity contribution in [1.82, 2.24) is 19.1 Å². The van der Waals surface area contributed by atoms with Crippen LogP contribution in [0.25, 0.3) is 55.2 Å². The number of fused-ring (bicyclic) bond motifs is 6. The molecule has 8 aromatic rings. The van der Waals surface area contributed by atoms with Crippen molar-refractivity contribution in [3.8, 4) is 11.6 Å². The van der Waals surface area contributed by atoms with E-state index in [4.69, 9.17) is 4.98 Å². The van der Waals surface area contributed by atoms with E-state index < -0.39 is 6.92 Å². The van der Waals surface area contributed by atoms with E-state index in [0.717, 1.165) is 66.2 Å². The summed E-state index contributed by atoms with van der Waals surface area (Å²) in [4.78, 5) is 9.47. The first-order valence-corrected chi connectivity index (χ1v) is 15.0. The van der Waals surface area contributed by atoms with Crippen LogP contribution in [-0.4, -0.2) is 31.0 Å². The Hall–Kier alpha value is -5.20. The maximum absolute atomic E-state index is 11.9. The van der Waals surface area contributed by atoms with E-state index in [2.05, 4.69) is 120 Å². The fraction of sp³-hybridized carbons (Fsp3) is 0.105. The van der Waals surface area contributed by atoms with E-state index in [9.17, 15) is 5.02 Å². The summed E-state index contributed by atoms with van der Waals surface area (Å²) < 4.78 is 4.40. The first-order chi connectivity index (χ1) is 21.4. The second-order valence-electron chi connectivity index (χ2n) is 12.5. The van der Waals surface area contributed by atoms with Gasteiger partial charge in [0, 0.05) is 33.9 Å². The first kappa shape index (κ1) is 26.4. The Morgan fingerprint density at radius 1 is 0.523 bits per heavy atom. The van der Waals surface area contributed by atoms with Crippen LogP contribution in [0.4, 0.5) is 0 Å². The Bertz CT molecular complexity index is 2350. The molecule has 0 atom stereocenters. The van der Waals surface area contributed by atoms with E-state index in [1.807, 2.05) is 42.7 Å². The third kappa shape index (κ3) is 4.14. The van der Waals surface area contributed by atoms with Crippen LogP contribution in [0.3, 0.4) is 0 Å². The summed E-state index contributed by atoms with van der Waals surface area (Å²) in [5.41, 5.74) is 7.08. The molecular weight excluding hydrogens is 539 g/mol. The molecule has 0 aliphatic heterocycles. The lowest BCUT2D eigenvalue weighted by Gasteiger charge is -2.20. The van der Waals surface area contributed by atoms with Gasteiger partial charge in [-0.3, -0.25) is 9.13 Å². The Morgan fingerprint density at radius 3 is 1.61 bits per heavy atom. The highest BCUT2D eigenvalue weighted by Gasteiger charge is 2.23. The average molecular weight is 571 g/mol. The van der Waals surface area contributed by atoms with E-state index in [-0.39, 0.29) is 5.41 Å². The highest BCUT2D eigenvalue weighted by Crippen LogP contribution is 2.33. The Morgan fingerprint density at radius 2 is 1.05 bits per heavy atom. The Kier molecular flexibility index (Phi) is 5.97. The molecule has 4 heterocycles. The molecule has 44 heavy (non-hydrogen) atoms. The number of para-hydroxylation sites is 2. The van der Waals surface area contributed by atoms with Crippen molar-refractivity contribution in [1.29, 1.82) is 0 Å². The van der Waals surface area contributed by atoms with Gasteiger partial charge in [0.15, 0.2) is 0 Å². The van der Waals surface area contributed by atoms with Gasteiger partial charge in [-0.25, -0.2) is 9.97 Å². The maximum Gasteiger partial charge on any atom is 0.359 e. The van der Waals surface area contributed by atoms with Crippen molar-refractivity contribution < 1.29 is 5.02 Å². The number of pyridine rings is 2. The van der Waals surface area contributed by atoms with Crippen LogP contribution in [-0.2, 0) is 5.41 Å². The molecule has 0 saturated heterocycles. The van der Waals surface area contributed by atoms with Gasteiger partial charge in [-0.05, 0) is 70.4 Å². The van der Waals surface area contributed by atoms with Crippen molar-refractivity contribution in [2.45, 2.75) is 26.2 Å². The standard InChI is InChI=1S/C38H31BN4O/c1-38(2,3)25-19-21-41-37(22-25)43-33-13-7-5-11-29(33)31-18-16-27(24-35(31)43)39(44)26-15-17-30-28-10-4-6-12-32(28)42(34(30)23-26)36-14-8-9-20-40-36/h4-24,44H,1-3H3. The minimum absolute atomic E-state index is 0.00577. The molecule has 0 saturated carbocycles. The summed E-state index contributed by atoms with van der Waals surface area (Å²) in [6.07, 6.45) is 3.71. The number of hydrogen-bond acceptors (Lipinski definition) is 3. The monoisotopic (exact) mass is 570 g/mol. The molecule has 6 heteroatoms. The van der Waals surface area contributed by atoms with Crippen LogP contribution in [0.5, 0.6) is 0 Å². The molecule has 0 aliphatic carbocycles. The van der Waals surface area contributed by atoms with E-state index >= 15 is 0 Å². The zero-order chi connectivity index (χ0) is 30.0. The summed E-state index contributed by atoms with van der Waals surface area (Å²) >= 11 is 0. The second-order valence-corrected chi connectivity index (χ2v) is 12.5. The van der Waals surface area contributed by atoms with Crippen LogP contribution in [0.1, 0.15) is 26.3 Å². The lowest BCUT2D eigenvalue weighted by atomic mass is 9.56. The van der Waals surface area contributed by atoms with Crippen LogP contribution in [0.2, 0.25) is 0 Å². The van der Waals surface area contributed by atoms with Crippen molar-refractivity contribution in [3.05, 3.63) is 133 Å². The molecule has 5 nitrogen and oxygen atoms in total. The summed E-state index contributed by atoms with van der Waals surface area (Å²) in [6.45, 7) is 5.84. The number of benzene rings is 4. The number of hydrogen-bond donors (Lipinski definition) is 1. The lowest BCUT2D eigenvalue weighted by molar-refractivity contribution is 0.588. The molecular formula is C38H31BN4O. The summed E-state index contributed by atoms with van der Waals surface area (Å²) in [5.74, 6) is 1.72. The topological polar surface area (TPSA) is 55.9 Å². The maximum atomic E-state index is 11.9. The van der Waals surface area contributed by atoms with Gasteiger partial charge in [-0.15, -0.1) is 0 Å². The predicted molar refractivity (Wildman–Crippen MR) is 183 cm³/mol. The molecule has 8 rings (SSSR count). The van der Waals surface area contributed by atoms with Crippen LogP contribution in [0.15, 0.2) is 128 Å². The molecule has 0 spiro atoms. The smallest absolute Gasteiger partial charge is 0.359 e. The van der Waals surface area contributed by atoms with Crippen molar-refractivity contribution in [2.24, 2.45) is 0 Å². The number of nitrogens with zero attached hydrogens (tertiary/aromatic N) is 4. The van der Waals surface area contributed by atoms with Gasteiger partial charge in [-0.2, -0.15) is 0 Å². The number of rotatable bonds is 4. The molecule has 0 bridgehead atoms. The molecule has 0 radical (unpaired) electrons. The highest BCUT2D eigenvalue weighted by atomic mass is 16.2. The Labute approximate surface area is 256 Å². The highest BCUT2D eigenvalue weighted by molar-refractivity contribution is 6.79. The largest absolute Gasteiger partial charge is 0.443 e. The number of aromatic nitrogens is 4. The van der Waals surface area contributed by atoms with Gasteiger partial charge in [0.05, 0.1) is 22.1 Å². The molecule has 0 fully saturated rings. The average Bonchev–Trinajstić information content (AvgIpc) is 3.56. The van der Waals surface area contributed by atoms with Gasteiger partial charge in [-0.1, -0.05) is 87.5 Å². The fourth-order valence-corrected chi connectivity index (χ4v) is 6.49. The molecule has 1 N–H and O–H groups in total. The van der Waals surface area contributed by atoms with Crippen molar-refractivity contribution in [3.63, 3.8) is 0 Å². The van der Waals surface area contributed by atoms with E-state index in [0.29, 0.717) is 0 Å². The zero-order valence-electron chi connectivity index (χ0n) is 24.9. The summed E-state index contributed by atoms with van der Waals surface area (Å²) in [6, 6.07) is 39.6. The minimum Gasteiger partial charge on any atom is -0.443 e. The van der Waals surface area contributed by atoms with Crippen LogP contribution < -0.4 is 10.9 Å². The normalized spacial score (nSPS) is 12.1. The van der Waals surface area contributed by atoms with Crippen LogP contribution in [0, 0.1) is 0 Å². The third-order valence-electron chi connectivity index (χ3n) is 8.75. The summed E-state index contributed by atoms with van der Waals surface area (Å²) in [5, 5.41) is 16.5. The minimum atomic E-state index is -0.820. The molecule has 4 aromatic carbocycles. The Balaban J connectivity index is 1.31. The van der Waals surface area contributed by atoms with Crippen molar-refractivity contribution >= 4 is 61.5 Å². The van der Waals surface area contributed by atoms with Gasteiger partial charge in [0.25, 0.3) is 0 Å². The molecule has 212 valence electrons. The quantitative estimate of drug-likeness (QED) is 0.231. The SMILES string of the molecule is CC(C)(C)c1ccnc(-n2c3ccccc3c3ccc(B(O)c4ccc5c6ccccc6n(-c6ccccn6)c5c4)cc32)c1. The van der Waals surface area contributed by atoms with Gasteiger partial charge < -0.3 is 5.02 Å². The van der Waals surface area contributed by atoms with E-state index in [1.165, 1.54) is 5.56 Å². The molecule has 0 amide bonds. The van der Waals surface area contributed by atoms with Gasteiger partial charge in [0.1, 0.15) is 11.6 Å². The molecule has 0 aliphatic rings.